The van der Waals surface area contributed by atoms with Crippen molar-refractivity contribution in [3.05, 3.63) is 34.4 Å². The van der Waals surface area contributed by atoms with Gasteiger partial charge in [0.2, 0.25) is 5.95 Å². The van der Waals surface area contributed by atoms with Gasteiger partial charge in [-0.3, -0.25) is 0 Å². The lowest BCUT2D eigenvalue weighted by Crippen LogP contribution is -2.27. The van der Waals surface area contributed by atoms with E-state index in [-0.39, 0.29) is 5.54 Å². The number of hydrogen-bond donors (Lipinski definition) is 2. The van der Waals surface area contributed by atoms with Crippen molar-refractivity contribution in [2.75, 3.05) is 10.6 Å². The van der Waals surface area contributed by atoms with Crippen LogP contribution in [0.1, 0.15) is 26.3 Å². The zero-order chi connectivity index (χ0) is 14.8. The Morgan fingerprint density at radius 3 is 2.60 bits per heavy atom. The summed E-state index contributed by atoms with van der Waals surface area (Å²) in [6.07, 6.45) is 1.60. The van der Waals surface area contributed by atoms with Gasteiger partial charge in [-0.1, -0.05) is 22.0 Å². The van der Waals surface area contributed by atoms with E-state index in [1.54, 1.807) is 6.20 Å². The average Bonchev–Trinajstić information content (AvgIpc) is 2.32. The molecule has 5 nitrogen and oxygen atoms in total. The van der Waals surface area contributed by atoms with E-state index in [4.69, 9.17) is 0 Å². The third-order valence-corrected chi connectivity index (χ3v) is 3.34. The maximum Gasteiger partial charge on any atom is 0.245 e. The zero-order valence-corrected chi connectivity index (χ0v) is 13.6. The van der Waals surface area contributed by atoms with Crippen LogP contribution in [0.3, 0.4) is 0 Å². The molecule has 0 fully saturated rings. The van der Waals surface area contributed by atoms with Crippen molar-refractivity contribution in [3.63, 3.8) is 0 Å². The molecule has 0 atom stereocenters. The standard InChI is InChI=1S/C14H18BrN5/c1-9-5-6-10(7-11(9)15)17-12-8-16-20-13(18-12)19-14(2,3)4/h5-8H,1-4H3,(H2,17,18,19,20). The van der Waals surface area contributed by atoms with Crippen molar-refractivity contribution in [2.24, 2.45) is 0 Å². The first-order valence-electron chi connectivity index (χ1n) is 6.34. The molecule has 0 amide bonds. The topological polar surface area (TPSA) is 62.7 Å². The number of halogens is 1. The molecule has 2 aromatic rings. The Bertz CT molecular complexity index is 607. The van der Waals surface area contributed by atoms with Crippen molar-refractivity contribution in [1.29, 1.82) is 0 Å². The van der Waals surface area contributed by atoms with Crippen LogP contribution in [0.2, 0.25) is 0 Å². The van der Waals surface area contributed by atoms with E-state index in [0.29, 0.717) is 11.8 Å². The lowest BCUT2D eigenvalue weighted by molar-refractivity contribution is 0.623. The molecule has 2 rings (SSSR count). The first-order valence-corrected chi connectivity index (χ1v) is 7.14. The van der Waals surface area contributed by atoms with E-state index in [0.717, 1.165) is 10.2 Å². The van der Waals surface area contributed by atoms with Crippen molar-refractivity contribution in [3.8, 4) is 0 Å². The molecular formula is C14H18BrN5. The Kier molecular flexibility index (Phi) is 4.23. The van der Waals surface area contributed by atoms with Crippen LogP contribution in [0.25, 0.3) is 0 Å². The average molecular weight is 336 g/mol. The number of nitrogens with one attached hydrogen (secondary N) is 2. The summed E-state index contributed by atoms with van der Waals surface area (Å²) < 4.78 is 1.05. The summed E-state index contributed by atoms with van der Waals surface area (Å²) in [5, 5.41) is 14.3. The van der Waals surface area contributed by atoms with Crippen LogP contribution >= 0.6 is 15.9 Å². The zero-order valence-electron chi connectivity index (χ0n) is 12.0. The molecule has 0 radical (unpaired) electrons. The van der Waals surface area contributed by atoms with E-state index in [9.17, 15) is 0 Å². The van der Waals surface area contributed by atoms with Gasteiger partial charge in [-0.25, -0.2) is 0 Å². The van der Waals surface area contributed by atoms with Gasteiger partial charge in [-0.05, 0) is 45.4 Å². The molecule has 2 N–H and O–H groups in total. The number of nitrogens with zero attached hydrogens (tertiary/aromatic N) is 3. The Balaban J connectivity index is 2.17. The monoisotopic (exact) mass is 335 g/mol. The molecule has 20 heavy (non-hydrogen) atoms. The predicted octanol–water partition coefficient (Wildman–Crippen LogP) is 3.90. The largest absolute Gasteiger partial charge is 0.348 e. The molecule has 1 aromatic heterocycles. The molecule has 0 aliphatic heterocycles. The van der Waals surface area contributed by atoms with Gasteiger partial charge < -0.3 is 10.6 Å². The number of benzene rings is 1. The van der Waals surface area contributed by atoms with Crippen LogP contribution in [0.5, 0.6) is 0 Å². The minimum absolute atomic E-state index is 0.104. The summed E-state index contributed by atoms with van der Waals surface area (Å²) in [6, 6.07) is 6.04. The van der Waals surface area contributed by atoms with Crippen molar-refractivity contribution in [2.45, 2.75) is 33.2 Å². The minimum Gasteiger partial charge on any atom is -0.348 e. The van der Waals surface area contributed by atoms with Crippen molar-refractivity contribution < 1.29 is 0 Å². The van der Waals surface area contributed by atoms with Crippen LogP contribution in [0.15, 0.2) is 28.9 Å². The van der Waals surface area contributed by atoms with Crippen LogP contribution in [-0.2, 0) is 0 Å². The predicted molar refractivity (Wildman–Crippen MR) is 85.4 cm³/mol. The SMILES string of the molecule is Cc1ccc(Nc2cnnc(NC(C)(C)C)n2)cc1Br. The Morgan fingerprint density at radius 1 is 1.20 bits per heavy atom. The van der Waals surface area contributed by atoms with Gasteiger partial charge >= 0.3 is 0 Å². The van der Waals surface area contributed by atoms with Gasteiger partial charge in [0.1, 0.15) is 0 Å². The summed E-state index contributed by atoms with van der Waals surface area (Å²) in [5.74, 6) is 1.16. The quantitative estimate of drug-likeness (QED) is 0.890. The van der Waals surface area contributed by atoms with Gasteiger partial charge in [0.05, 0.1) is 6.20 Å². The van der Waals surface area contributed by atoms with E-state index in [1.807, 2.05) is 45.9 Å². The molecule has 1 aromatic carbocycles. The van der Waals surface area contributed by atoms with Gasteiger partial charge in [0, 0.05) is 15.7 Å². The molecule has 6 heteroatoms. The van der Waals surface area contributed by atoms with E-state index >= 15 is 0 Å². The smallest absolute Gasteiger partial charge is 0.245 e. The van der Waals surface area contributed by atoms with Crippen LogP contribution in [-0.4, -0.2) is 20.7 Å². The van der Waals surface area contributed by atoms with Crippen LogP contribution in [0, 0.1) is 6.92 Å². The highest BCUT2D eigenvalue weighted by atomic mass is 79.9. The first kappa shape index (κ1) is 14.7. The molecule has 0 aliphatic carbocycles. The molecule has 0 saturated carbocycles. The Labute approximate surface area is 127 Å². The number of rotatable bonds is 3. The van der Waals surface area contributed by atoms with Crippen molar-refractivity contribution in [1.82, 2.24) is 15.2 Å². The second-order valence-electron chi connectivity index (χ2n) is 5.63. The van der Waals surface area contributed by atoms with Gasteiger partial charge in [-0.15, -0.1) is 5.10 Å². The summed E-state index contributed by atoms with van der Waals surface area (Å²) in [4.78, 5) is 4.39. The highest BCUT2D eigenvalue weighted by Gasteiger charge is 2.12. The third kappa shape index (κ3) is 4.16. The highest BCUT2D eigenvalue weighted by molar-refractivity contribution is 9.10. The van der Waals surface area contributed by atoms with Crippen molar-refractivity contribution >= 4 is 33.4 Å². The Morgan fingerprint density at radius 2 is 1.95 bits per heavy atom. The number of hydrogen-bond acceptors (Lipinski definition) is 5. The first-order chi connectivity index (χ1) is 9.33. The van der Waals surface area contributed by atoms with Gasteiger partial charge in [-0.2, -0.15) is 10.1 Å². The number of aryl methyl sites for hydroxylation is 1. The normalized spacial score (nSPS) is 11.2. The fraction of sp³-hybridized carbons (Fsp3) is 0.357. The second kappa shape index (κ2) is 5.75. The molecule has 0 unspecified atom stereocenters. The molecule has 1 heterocycles. The second-order valence-corrected chi connectivity index (χ2v) is 6.48. The van der Waals surface area contributed by atoms with Crippen LogP contribution < -0.4 is 10.6 Å². The maximum atomic E-state index is 4.39. The molecule has 106 valence electrons. The molecule has 0 aliphatic rings. The number of anilines is 3. The van der Waals surface area contributed by atoms with E-state index in [2.05, 4.69) is 41.7 Å². The number of aromatic nitrogens is 3. The maximum absolute atomic E-state index is 4.39. The van der Waals surface area contributed by atoms with Gasteiger partial charge in [0.15, 0.2) is 5.82 Å². The fourth-order valence-electron chi connectivity index (χ4n) is 1.57. The van der Waals surface area contributed by atoms with Gasteiger partial charge in [0.25, 0.3) is 0 Å². The van der Waals surface area contributed by atoms with E-state index < -0.39 is 0 Å². The lowest BCUT2D eigenvalue weighted by Gasteiger charge is -2.20. The lowest BCUT2D eigenvalue weighted by atomic mass is 10.1. The summed E-state index contributed by atoms with van der Waals surface area (Å²) >= 11 is 3.51. The fourth-order valence-corrected chi connectivity index (χ4v) is 1.95. The van der Waals surface area contributed by atoms with Crippen LogP contribution in [0.4, 0.5) is 17.5 Å². The summed E-state index contributed by atoms with van der Waals surface area (Å²) in [7, 11) is 0. The highest BCUT2D eigenvalue weighted by Crippen LogP contribution is 2.23. The minimum atomic E-state index is -0.104. The third-order valence-electron chi connectivity index (χ3n) is 2.49. The molecule has 0 bridgehead atoms. The summed E-state index contributed by atoms with van der Waals surface area (Å²) in [5.41, 5.74) is 2.03. The molecule has 0 saturated heterocycles. The Hall–Kier alpha value is -1.69. The van der Waals surface area contributed by atoms with E-state index in [1.165, 1.54) is 5.56 Å². The molecule has 0 spiro atoms. The molecular weight excluding hydrogens is 318 g/mol. The summed E-state index contributed by atoms with van der Waals surface area (Å²) in [6.45, 7) is 8.19.